The molecule has 6 nitrogen and oxygen atoms in total. The highest BCUT2D eigenvalue weighted by molar-refractivity contribution is 7.92. The smallest absolute Gasteiger partial charge is 0.261 e. The quantitative estimate of drug-likeness (QED) is 0.478. The summed E-state index contributed by atoms with van der Waals surface area (Å²) in [6, 6.07) is 18.3. The van der Waals surface area contributed by atoms with Crippen LogP contribution in [-0.4, -0.2) is 32.3 Å². The Morgan fingerprint density at radius 1 is 0.943 bits per heavy atom. The predicted molar refractivity (Wildman–Crippen MR) is 136 cm³/mol. The van der Waals surface area contributed by atoms with Gasteiger partial charge in [-0.1, -0.05) is 24.3 Å². The summed E-state index contributed by atoms with van der Waals surface area (Å²) in [5, 5.41) is 2.89. The van der Waals surface area contributed by atoms with Gasteiger partial charge >= 0.3 is 0 Å². The third-order valence-electron chi connectivity index (χ3n) is 6.50. The Morgan fingerprint density at radius 3 is 2.26 bits per heavy atom. The molecule has 1 aliphatic heterocycles. The molecule has 0 aromatic heterocycles. The number of carbonyl (C=O) groups is 1. The van der Waals surface area contributed by atoms with Gasteiger partial charge in [0.25, 0.3) is 10.0 Å². The molecule has 0 atom stereocenters. The number of carbonyl (C=O) groups excluding carboxylic acids is 1. The SMILES string of the molecule is Cc1ccc(NS(=O)(=O)c2ccc(NC(=O)C3CCN(Cc4ccccc4F)CC3)cc2)cc1C. The van der Waals surface area contributed by atoms with Crippen molar-refractivity contribution in [2.24, 2.45) is 5.92 Å². The fourth-order valence-corrected chi connectivity index (χ4v) is 5.25. The van der Waals surface area contributed by atoms with E-state index >= 15 is 0 Å². The minimum absolute atomic E-state index is 0.0839. The Kier molecular flexibility index (Phi) is 7.52. The van der Waals surface area contributed by atoms with Gasteiger partial charge in [0, 0.05) is 29.4 Å². The molecule has 1 amide bonds. The van der Waals surface area contributed by atoms with E-state index in [1.807, 2.05) is 26.0 Å². The van der Waals surface area contributed by atoms with E-state index in [0.29, 0.717) is 49.4 Å². The van der Waals surface area contributed by atoms with Crippen LogP contribution in [-0.2, 0) is 21.4 Å². The Labute approximate surface area is 206 Å². The van der Waals surface area contributed by atoms with Crippen LogP contribution >= 0.6 is 0 Å². The second-order valence-electron chi connectivity index (χ2n) is 9.06. The number of rotatable bonds is 7. The van der Waals surface area contributed by atoms with Crippen molar-refractivity contribution in [2.45, 2.75) is 38.1 Å². The van der Waals surface area contributed by atoms with Gasteiger partial charge in [-0.05, 0) is 93.4 Å². The first-order valence-corrected chi connectivity index (χ1v) is 13.2. The number of anilines is 2. The van der Waals surface area contributed by atoms with Crippen LogP contribution < -0.4 is 10.0 Å². The first-order valence-electron chi connectivity index (χ1n) is 11.7. The third kappa shape index (κ3) is 6.26. The van der Waals surface area contributed by atoms with Crippen LogP contribution in [0.3, 0.4) is 0 Å². The minimum atomic E-state index is -3.74. The van der Waals surface area contributed by atoms with Crippen molar-refractivity contribution in [2.75, 3.05) is 23.1 Å². The summed E-state index contributed by atoms with van der Waals surface area (Å²) in [4.78, 5) is 15.0. The van der Waals surface area contributed by atoms with E-state index < -0.39 is 10.0 Å². The topological polar surface area (TPSA) is 78.5 Å². The zero-order valence-electron chi connectivity index (χ0n) is 19.9. The molecule has 4 rings (SSSR count). The molecule has 1 saturated heterocycles. The van der Waals surface area contributed by atoms with Crippen LogP contribution in [0.25, 0.3) is 0 Å². The molecule has 1 heterocycles. The number of aryl methyl sites for hydroxylation is 2. The zero-order valence-corrected chi connectivity index (χ0v) is 20.7. The Morgan fingerprint density at radius 2 is 1.60 bits per heavy atom. The fourth-order valence-electron chi connectivity index (χ4n) is 4.20. The number of halogens is 1. The predicted octanol–water partition coefficient (Wildman–Crippen LogP) is 5.09. The van der Waals surface area contributed by atoms with Crippen molar-refractivity contribution >= 4 is 27.3 Å². The highest BCUT2D eigenvalue weighted by atomic mass is 32.2. The van der Waals surface area contributed by atoms with Gasteiger partial charge in [0.1, 0.15) is 5.82 Å². The standard InChI is InChI=1S/C27H30FN3O3S/c1-19-7-8-24(17-20(19)2)30-35(33,34)25-11-9-23(10-12-25)29-27(32)21-13-15-31(16-14-21)18-22-5-3-4-6-26(22)28/h3-12,17,21,30H,13-16,18H2,1-2H3,(H,29,32). The number of benzene rings is 3. The van der Waals surface area contributed by atoms with Crippen LogP contribution in [0.15, 0.2) is 71.6 Å². The Bertz CT molecular complexity index is 1300. The molecular formula is C27H30FN3O3S. The van der Waals surface area contributed by atoms with Gasteiger partial charge in [0.15, 0.2) is 0 Å². The van der Waals surface area contributed by atoms with Crippen LogP contribution in [0, 0.1) is 25.6 Å². The second-order valence-corrected chi connectivity index (χ2v) is 10.7. The van der Waals surface area contributed by atoms with Gasteiger partial charge in [0.2, 0.25) is 5.91 Å². The Hall–Kier alpha value is -3.23. The maximum Gasteiger partial charge on any atom is 0.261 e. The summed E-state index contributed by atoms with van der Waals surface area (Å²) in [6.45, 7) is 5.86. The number of hydrogen-bond donors (Lipinski definition) is 2. The number of hydrogen-bond acceptors (Lipinski definition) is 4. The summed E-state index contributed by atoms with van der Waals surface area (Å²) in [5.41, 5.74) is 3.81. The largest absolute Gasteiger partial charge is 0.326 e. The highest BCUT2D eigenvalue weighted by Gasteiger charge is 2.25. The molecule has 0 unspecified atom stereocenters. The fraction of sp³-hybridized carbons (Fsp3) is 0.296. The van der Waals surface area contributed by atoms with Crippen LogP contribution in [0.4, 0.5) is 15.8 Å². The van der Waals surface area contributed by atoms with E-state index in [-0.39, 0.29) is 22.5 Å². The van der Waals surface area contributed by atoms with E-state index in [1.165, 1.54) is 18.2 Å². The summed E-state index contributed by atoms with van der Waals surface area (Å²) >= 11 is 0. The molecule has 1 fully saturated rings. The summed E-state index contributed by atoms with van der Waals surface area (Å²) in [7, 11) is -3.74. The molecule has 0 radical (unpaired) electrons. The summed E-state index contributed by atoms with van der Waals surface area (Å²) in [6.07, 6.45) is 1.37. The van der Waals surface area contributed by atoms with Crippen molar-refractivity contribution in [1.82, 2.24) is 4.90 Å². The molecule has 2 N–H and O–H groups in total. The molecule has 35 heavy (non-hydrogen) atoms. The van der Waals surface area contributed by atoms with Gasteiger partial charge < -0.3 is 5.32 Å². The van der Waals surface area contributed by atoms with Gasteiger partial charge in [-0.25, -0.2) is 12.8 Å². The van der Waals surface area contributed by atoms with Gasteiger partial charge in [-0.3, -0.25) is 14.4 Å². The van der Waals surface area contributed by atoms with Gasteiger partial charge in [-0.2, -0.15) is 0 Å². The van der Waals surface area contributed by atoms with E-state index in [4.69, 9.17) is 0 Å². The van der Waals surface area contributed by atoms with Crippen molar-refractivity contribution < 1.29 is 17.6 Å². The normalized spacial score (nSPS) is 15.1. The lowest BCUT2D eigenvalue weighted by Crippen LogP contribution is -2.37. The first-order chi connectivity index (χ1) is 16.7. The molecule has 184 valence electrons. The van der Waals surface area contributed by atoms with Crippen molar-refractivity contribution in [3.05, 3.63) is 89.2 Å². The summed E-state index contributed by atoms with van der Waals surface area (Å²) in [5.74, 6) is -0.428. The number of sulfonamides is 1. The second kappa shape index (κ2) is 10.6. The molecule has 0 spiro atoms. The van der Waals surface area contributed by atoms with Crippen molar-refractivity contribution in [3.63, 3.8) is 0 Å². The van der Waals surface area contributed by atoms with E-state index in [2.05, 4.69) is 14.9 Å². The molecular weight excluding hydrogens is 465 g/mol. The molecule has 3 aromatic carbocycles. The number of piperidine rings is 1. The monoisotopic (exact) mass is 495 g/mol. The molecule has 8 heteroatoms. The first kappa shape index (κ1) is 24.9. The van der Waals surface area contributed by atoms with Gasteiger partial charge in [-0.15, -0.1) is 0 Å². The van der Waals surface area contributed by atoms with E-state index in [0.717, 1.165) is 11.1 Å². The molecule has 3 aromatic rings. The average molecular weight is 496 g/mol. The third-order valence-corrected chi connectivity index (χ3v) is 7.90. The molecule has 0 bridgehead atoms. The van der Waals surface area contributed by atoms with Crippen LogP contribution in [0.2, 0.25) is 0 Å². The highest BCUT2D eigenvalue weighted by Crippen LogP contribution is 2.23. The molecule has 1 aliphatic rings. The molecule has 0 aliphatic carbocycles. The van der Waals surface area contributed by atoms with Crippen LogP contribution in [0.1, 0.15) is 29.5 Å². The van der Waals surface area contributed by atoms with E-state index in [9.17, 15) is 17.6 Å². The maximum atomic E-state index is 13.9. The maximum absolute atomic E-state index is 13.9. The van der Waals surface area contributed by atoms with Crippen LogP contribution in [0.5, 0.6) is 0 Å². The lowest BCUT2D eigenvalue weighted by atomic mass is 9.95. The molecule has 0 saturated carbocycles. The Balaban J connectivity index is 1.31. The zero-order chi connectivity index (χ0) is 25.0. The van der Waals surface area contributed by atoms with Crippen molar-refractivity contribution in [3.8, 4) is 0 Å². The minimum Gasteiger partial charge on any atom is -0.326 e. The lowest BCUT2D eigenvalue weighted by molar-refractivity contribution is -0.121. The number of likely N-dealkylation sites (tertiary alicyclic amines) is 1. The summed E-state index contributed by atoms with van der Waals surface area (Å²) < 4.78 is 42.0. The average Bonchev–Trinajstić information content (AvgIpc) is 2.83. The van der Waals surface area contributed by atoms with E-state index in [1.54, 1.807) is 36.4 Å². The van der Waals surface area contributed by atoms with Gasteiger partial charge in [0.05, 0.1) is 4.90 Å². The lowest BCUT2D eigenvalue weighted by Gasteiger charge is -2.31. The van der Waals surface area contributed by atoms with Crippen molar-refractivity contribution in [1.29, 1.82) is 0 Å². The number of nitrogens with one attached hydrogen (secondary N) is 2. The number of nitrogens with zero attached hydrogens (tertiary/aromatic N) is 1. The number of amides is 1.